The van der Waals surface area contributed by atoms with E-state index in [1.54, 1.807) is 54.0 Å². The fourth-order valence-electron chi connectivity index (χ4n) is 4.64. The number of fused-ring (bicyclic) bond motifs is 2. The van der Waals surface area contributed by atoms with Crippen molar-refractivity contribution >= 4 is 39.2 Å². The third-order valence-corrected chi connectivity index (χ3v) is 6.51. The first kappa shape index (κ1) is 24.6. The van der Waals surface area contributed by atoms with E-state index in [-0.39, 0.29) is 18.7 Å². The normalized spacial score (nSPS) is 11.9. The van der Waals surface area contributed by atoms with Gasteiger partial charge in [-0.25, -0.2) is 4.68 Å². The second-order valence-corrected chi connectivity index (χ2v) is 9.09. The molecule has 2 aromatic heterocycles. The summed E-state index contributed by atoms with van der Waals surface area (Å²) in [5, 5.41) is 16.0. The number of carboxylic acids is 1. The lowest BCUT2D eigenvalue weighted by molar-refractivity contribution is -0.138. The van der Waals surface area contributed by atoms with Crippen molar-refractivity contribution in [3.63, 3.8) is 0 Å². The molecule has 37 heavy (non-hydrogen) atoms. The number of rotatable bonds is 5. The van der Waals surface area contributed by atoms with Crippen molar-refractivity contribution in [3.8, 4) is 11.3 Å². The Morgan fingerprint density at radius 2 is 1.73 bits per heavy atom. The summed E-state index contributed by atoms with van der Waals surface area (Å²) in [6, 6.07) is 16.6. The molecule has 0 saturated heterocycles. The van der Waals surface area contributed by atoms with Gasteiger partial charge in [-0.15, -0.1) is 0 Å². The molecule has 0 bridgehead atoms. The van der Waals surface area contributed by atoms with Crippen molar-refractivity contribution in [2.75, 3.05) is 0 Å². The lowest BCUT2D eigenvalue weighted by Crippen LogP contribution is -2.24. The van der Waals surface area contributed by atoms with Gasteiger partial charge in [0, 0.05) is 32.6 Å². The number of nitrogens with zero attached hydrogens (tertiary/aromatic N) is 3. The van der Waals surface area contributed by atoms with Crippen LogP contribution >= 0.6 is 11.6 Å². The fourth-order valence-corrected chi connectivity index (χ4v) is 4.81. The molecule has 0 fully saturated rings. The summed E-state index contributed by atoms with van der Waals surface area (Å²) in [6.07, 6.45) is -4.52. The van der Waals surface area contributed by atoms with Crippen LogP contribution in [0.2, 0.25) is 5.02 Å². The van der Waals surface area contributed by atoms with Crippen LogP contribution < -0.4 is 5.56 Å². The van der Waals surface area contributed by atoms with Gasteiger partial charge < -0.3 is 9.67 Å². The van der Waals surface area contributed by atoms with E-state index in [2.05, 4.69) is 5.10 Å². The Balaban J connectivity index is 1.78. The Labute approximate surface area is 213 Å². The Hall–Kier alpha value is -4.11. The zero-order valence-corrected chi connectivity index (χ0v) is 20.1. The molecule has 0 unspecified atom stereocenters. The fraction of sp³-hybridized carbons (Fsp3) is 0.148. The van der Waals surface area contributed by atoms with Crippen LogP contribution in [0.15, 0.2) is 71.5 Å². The van der Waals surface area contributed by atoms with Crippen molar-refractivity contribution in [3.05, 3.63) is 98.9 Å². The lowest BCUT2D eigenvalue weighted by Gasteiger charge is -2.13. The van der Waals surface area contributed by atoms with Gasteiger partial charge in [-0.05, 0) is 48.9 Å². The molecule has 0 aliphatic heterocycles. The Bertz CT molecular complexity index is 1760. The molecule has 0 aliphatic rings. The molecule has 0 aliphatic carbocycles. The topological polar surface area (TPSA) is 77.1 Å². The predicted molar refractivity (Wildman–Crippen MR) is 135 cm³/mol. The van der Waals surface area contributed by atoms with Gasteiger partial charge in [0.15, 0.2) is 0 Å². The Morgan fingerprint density at radius 3 is 2.43 bits per heavy atom. The molecule has 0 spiro atoms. The molecular weight excluding hydrogens is 507 g/mol. The highest BCUT2D eigenvalue weighted by Gasteiger charge is 2.30. The highest BCUT2D eigenvalue weighted by atomic mass is 35.5. The van der Waals surface area contributed by atoms with E-state index in [9.17, 15) is 27.9 Å². The van der Waals surface area contributed by atoms with E-state index in [4.69, 9.17) is 11.6 Å². The molecule has 5 aromatic rings. The highest BCUT2D eigenvalue weighted by molar-refractivity contribution is 6.31. The van der Waals surface area contributed by atoms with Gasteiger partial charge in [-0.2, -0.15) is 18.3 Å². The summed E-state index contributed by atoms with van der Waals surface area (Å²) in [4.78, 5) is 24.9. The third-order valence-electron chi connectivity index (χ3n) is 6.27. The number of hydrogen-bond donors (Lipinski definition) is 1. The molecule has 0 radical (unpaired) electrons. The molecule has 188 valence electrons. The van der Waals surface area contributed by atoms with E-state index in [0.29, 0.717) is 43.6 Å². The first-order valence-corrected chi connectivity index (χ1v) is 11.6. The molecule has 0 amide bonds. The maximum Gasteiger partial charge on any atom is 0.416 e. The summed E-state index contributed by atoms with van der Waals surface area (Å²) in [5.74, 6) is -1.03. The largest absolute Gasteiger partial charge is 0.480 e. The minimum atomic E-state index is -4.52. The van der Waals surface area contributed by atoms with Gasteiger partial charge in [0.25, 0.3) is 5.56 Å². The molecule has 5 rings (SSSR count). The van der Waals surface area contributed by atoms with Crippen LogP contribution in [0.3, 0.4) is 0 Å². The van der Waals surface area contributed by atoms with E-state index in [1.165, 1.54) is 12.1 Å². The van der Waals surface area contributed by atoms with E-state index in [0.717, 1.165) is 16.8 Å². The second kappa shape index (κ2) is 9.08. The van der Waals surface area contributed by atoms with Gasteiger partial charge in [-0.1, -0.05) is 41.9 Å². The monoisotopic (exact) mass is 525 g/mol. The summed E-state index contributed by atoms with van der Waals surface area (Å²) in [7, 11) is 0. The summed E-state index contributed by atoms with van der Waals surface area (Å²) >= 11 is 6.29. The van der Waals surface area contributed by atoms with E-state index >= 15 is 0 Å². The Morgan fingerprint density at radius 1 is 1.00 bits per heavy atom. The third kappa shape index (κ3) is 4.46. The second-order valence-electron chi connectivity index (χ2n) is 8.66. The molecule has 10 heteroatoms. The first-order chi connectivity index (χ1) is 17.5. The van der Waals surface area contributed by atoms with Gasteiger partial charge in [-0.3, -0.25) is 9.59 Å². The standard InChI is InChI=1S/C27H19ClF3N3O3/c1-15-24(21-12-18(28)9-10-22(21)33(15)14-23(35)36)25-19-7-2-3-8-20(19)26(37)34(32-25)13-16-5-4-6-17(11-16)27(29,30)31/h2-12H,13-14H2,1H3,(H,35,36). The van der Waals surface area contributed by atoms with Crippen molar-refractivity contribution < 1.29 is 23.1 Å². The number of carbonyl (C=O) groups is 1. The van der Waals surface area contributed by atoms with Crippen LogP contribution in [0, 0.1) is 6.92 Å². The van der Waals surface area contributed by atoms with Crippen LogP contribution in [0.4, 0.5) is 13.2 Å². The van der Waals surface area contributed by atoms with Gasteiger partial charge in [0.1, 0.15) is 12.2 Å². The zero-order chi connectivity index (χ0) is 26.5. The summed E-state index contributed by atoms with van der Waals surface area (Å²) in [6.45, 7) is 1.27. The summed E-state index contributed by atoms with van der Waals surface area (Å²) in [5.41, 5.74) is 1.20. The van der Waals surface area contributed by atoms with Crippen LogP contribution in [0.5, 0.6) is 0 Å². The van der Waals surface area contributed by atoms with Crippen molar-refractivity contribution in [1.82, 2.24) is 14.3 Å². The Kier molecular flexibility index (Phi) is 6.03. The lowest BCUT2D eigenvalue weighted by atomic mass is 10.0. The molecule has 3 aromatic carbocycles. The quantitative estimate of drug-likeness (QED) is 0.299. The molecule has 1 N–H and O–H groups in total. The zero-order valence-electron chi connectivity index (χ0n) is 19.4. The maximum atomic E-state index is 13.3. The van der Waals surface area contributed by atoms with Crippen LogP contribution in [0.25, 0.3) is 32.9 Å². The first-order valence-electron chi connectivity index (χ1n) is 11.2. The summed E-state index contributed by atoms with van der Waals surface area (Å²) < 4.78 is 42.5. The van der Waals surface area contributed by atoms with E-state index in [1.807, 2.05) is 0 Å². The number of aliphatic carboxylic acids is 1. The number of halogens is 4. The number of alkyl halides is 3. The average Bonchev–Trinajstić information content (AvgIpc) is 3.10. The SMILES string of the molecule is Cc1c(-c2nn(Cc3cccc(C(F)(F)F)c3)c(=O)c3ccccc23)c2cc(Cl)ccc2n1CC(=O)O. The maximum absolute atomic E-state index is 13.3. The number of hydrogen-bond acceptors (Lipinski definition) is 3. The highest BCUT2D eigenvalue weighted by Crippen LogP contribution is 2.38. The molecule has 0 saturated carbocycles. The van der Waals surface area contributed by atoms with E-state index < -0.39 is 23.3 Å². The van der Waals surface area contributed by atoms with Gasteiger partial charge in [0.2, 0.25) is 0 Å². The number of benzene rings is 3. The molecule has 2 heterocycles. The minimum Gasteiger partial charge on any atom is -0.480 e. The van der Waals surface area contributed by atoms with Crippen LogP contribution in [-0.4, -0.2) is 25.4 Å². The van der Waals surface area contributed by atoms with Crippen LogP contribution in [0.1, 0.15) is 16.8 Å². The number of carboxylic acid groups (broad SMARTS) is 1. The molecule has 6 nitrogen and oxygen atoms in total. The van der Waals surface area contributed by atoms with Crippen molar-refractivity contribution in [2.45, 2.75) is 26.2 Å². The van der Waals surface area contributed by atoms with Crippen molar-refractivity contribution in [2.24, 2.45) is 0 Å². The predicted octanol–water partition coefficient (Wildman–Crippen LogP) is 6.13. The molecule has 0 atom stereocenters. The van der Waals surface area contributed by atoms with Crippen molar-refractivity contribution in [1.29, 1.82) is 0 Å². The molecular formula is C27H19ClF3N3O3. The average molecular weight is 526 g/mol. The smallest absolute Gasteiger partial charge is 0.416 e. The number of aromatic nitrogens is 3. The van der Waals surface area contributed by atoms with Crippen LogP contribution in [-0.2, 0) is 24.1 Å². The van der Waals surface area contributed by atoms with Gasteiger partial charge >= 0.3 is 12.1 Å². The minimum absolute atomic E-state index is 0.186. The van der Waals surface area contributed by atoms with Gasteiger partial charge in [0.05, 0.1) is 17.5 Å².